The van der Waals surface area contributed by atoms with Gasteiger partial charge in [0.25, 0.3) is 0 Å². The fourth-order valence-electron chi connectivity index (χ4n) is 0.836. The maximum Gasteiger partial charge on any atom is 0.133 e. The molecule has 1 aromatic heterocycles. The van der Waals surface area contributed by atoms with E-state index in [0.29, 0.717) is 12.8 Å². The highest BCUT2D eigenvalue weighted by Gasteiger charge is 2.02. The van der Waals surface area contributed by atoms with Crippen molar-refractivity contribution in [2.24, 2.45) is 7.05 Å². The molecule has 1 aromatic rings. The predicted molar refractivity (Wildman–Crippen MR) is 39.7 cm³/mol. The Morgan fingerprint density at radius 3 is 2.73 bits per heavy atom. The summed E-state index contributed by atoms with van der Waals surface area (Å²) < 4.78 is 1.90. The Morgan fingerprint density at radius 1 is 1.55 bits per heavy atom. The molecule has 0 bridgehead atoms. The highest BCUT2D eigenvalue weighted by atomic mass is 15.3. The fraction of sp³-hybridized carbons (Fsp3) is 0.571. The van der Waals surface area contributed by atoms with Crippen molar-refractivity contribution >= 4 is 0 Å². The van der Waals surface area contributed by atoms with Gasteiger partial charge in [-0.05, 0) is 6.92 Å². The number of hydrogen-bond donors (Lipinski definition) is 0. The van der Waals surface area contributed by atoms with Crippen molar-refractivity contribution in [2.45, 2.75) is 19.8 Å². The summed E-state index contributed by atoms with van der Waals surface area (Å²) in [5, 5.41) is 16.1. The smallest absolute Gasteiger partial charge is 0.133 e. The summed E-state index contributed by atoms with van der Waals surface area (Å²) in [5.41, 5.74) is 0. The van der Waals surface area contributed by atoms with Crippen molar-refractivity contribution in [1.82, 2.24) is 14.8 Å². The first-order valence-corrected chi connectivity index (χ1v) is 3.47. The molecule has 0 aromatic carbocycles. The summed E-state index contributed by atoms with van der Waals surface area (Å²) in [7, 11) is 1.90. The quantitative estimate of drug-likeness (QED) is 0.619. The maximum absolute atomic E-state index is 8.32. The summed E-state index contributed by atoms with van der Waals surface area (Å²) in [6, 6.07) is 2.07. The highest BCUT2D eigenvalue weighted by molar-refractivity contribution is 4.94. The van der Waals surface area contributed by atoms with Gasteiger partial charge in [0.15, 0.2) is 0 Å². The zero-order valence-electron chi connectivity index (χ0n) is 6.70. The summed E-state index contributed by atoms with van der Waals surface area (Å²) in [6.07, 6.45) is 1.19. The number of rotatable bonds is 2. The van der Waals surface area contributed by atoms with Crippen LogP contribution in [0.2, 0.25) is 0 Å². The van der Waals surface area contributed by atoms with Crippen LogP contribution in [-0.2, 0) is 13.5 Å². The Labute approximate surface area is 65.5 Å². The molecular weight excluding hydrogens is 140 g/mol. The Kier molecular flexibility index (Phi) is 2.21. The minimum Gasteiger partial charge on any atom is -0.318 e. The molecule has 4 nitrogen and oxygen atoms in total. The molecule has 0 spiro atoms. The summed E-state index contributed by atoms with van der Waals surface area (Å²) in [4.78, 5) is 0. The van der Waals surface area contributed by atoms with Crippen LogP contribution in [0.25, 0.3) is 0 Å². The van der Waals surface area contributed by atoms with E-state index < -0.39 is 0 Å². The van der Waals surface area contributed by atoms with Crippen LogP contribution in [0.5, 0.6) is 0 Å². The molecule has 0 radical (unpaired) electrons. The van der Waals surface area contributed by atoms with E-state index in [-0.39, 0.29) is 0 Å². The van der Waals surface area contributed by atoms with Gasteiger partial charge in [0.1, 0.15) is 11.6 Å². The summed E-state index contributed by atoms with van der Waals surface area (Å²) in [6.45, 7) is 1.89. The average molecular weight is 150 g/mol. The predicted octanol–water partition coefficient (Wildman–Crippen LogP) is 0.580. The normalized spacial score (nSPS) is 9.55. The minimum absolute atomic E-state index is 0.506. The van der Waals surface area contributed by atoms with E-state index in [4.69, 9.17) is 5.26 Å². The highest BCUT2D eigenvalue weighted by Crippen LogP contribution is 1.99. The van der Waals surface area contributed by atoms with Gasteiger partial charge in [-0.1, -0.05) is 0 Å². The van der Waals surface area contributed by atoms with Gasteiger partial charge in [0, 0.05) is 19.9 Å². The molecule has 0 fully saturated rings. The van der Waals surface area contributed by atoms with Crippen LogP contribution in [0.3, 0.4) is 0 Å². The van der Waals surface area contributed by atoms with Crippen molar-refractivity contribution < 1.29 is 0 Å². The third kappa shape index (κ3) is 1.55. The largest absolute Gasteiger partial charge is 0.318 e. The Hall–Kier alpha value is -1.37. The standard InChI is InChI=1S/C7H10N4/c1-6-9-10-7(11(6)2)4-3-5-8/h3-4H2,1-2H3. The van der Waals surface area contributed by atoms with Crippen molar-refractivity contribution in [3.63, 3.8) is 0 Å². The molecule has 0 N–H and O–H groups in total. The summed E-state index contributed by atoms with van der Waals surface area (Å²) in [5.74, 6) is 1.77. The maximum atomic E-state index is 8.32. The molecule has 4 heteroatoms. The Morgan fingerprint density at radius 2 is 2.27 bits per heavy atom. The second-order valence-corrected chi connectivity index (χ2v) is 2.38. The monoisotopic (exact) mass is 150 g/mol. The molecule has 0 aliphatic heterocycles. The van der Waals surface area contributed by atoms with Gasteiger partial charge >= 0.3 is 0 Å². The number of nitrogens with zero attached hydrogens (tertiary/aromatic N) is 4. The van der Waals surface area contributed by atoms with Crippen molar-refractivity contribution in [3.05, 3.63) is 11.6 Å². The van der Waals surface area contributed by atoms with E-state index >= 15 is 0 Å². The lowest BCUT2D eigenvalue weighted by molar-refractivity contribution is 0.765. The number of nitriles is 1. The van der Waals surface area contributed by atoms with Gasteiger partial charge in [-0.25, -0.2) is 0 Å². The van der Waals surface area contributed by atoms with Crippen LogP contribution in [0.1, 0.15) is 18.1 Å². The third-order valence-corrected chi connectivity index (χ3v) is 1.64. The van der Waals surface area contributed by atoms with Crippen LogP contribution in [-0.4, -0.2) is 14.8 Å². The molecule has 0 aliphatic rings. The number of aromatic nitrogens is 3. The van der Waals surface area contributed by atoms with Crippen LogP contribution in [0, 0.1) is 18.3 Å². The van der Waals surface area contributed by atoms with Crippen molar-refractivity contribution in [2.75, 3.05) is 0 Å². The molecule has 0 unspecified atom stereocenters. The van der Waals surface area contributed by atoms with Gasteiger partial charge in [0.05, 0.1) is 6.07 Å². The Balaban J connectivity index is 2.72. The van der Waals surface area contributed by atoms with Crippen LogP contribution in [0.4, 0.5) is 0 Å². The van der Waals surface area contributed by atoms with Gasteiger partial charge in [-0.2, -0.15) is 5.26 Å². The summed E-state index contributed by atoms with van der Waals surface area (Å²) >= 11 is 0. The van der Waals surface area contributed by atoms with Crippen LogP contribution in [0.15, 0.2) is 0 Å². The van der Waals surface area contributed by atoms with Gasteiger partial charge < -0.3 is 4.57 Å². The molecule has 0 atom stereocenters. The lowest BCUT2D eigenvalue weighted by Gasteiger charge is -1.96. The molecule has 11 heavy (non-hydrogen) atoms. The second kappa shape index (κ2) is 3.15. The topological polar surface area (TPSA) is 54.5 Å². The fourth-order valence-corrected chi connectivity index (χ4v) is 0.836. The molecule has 0 aliphatic carbocycles. The lowest BCUT2D eigenvalue weighted by atomic mass is 10.3. The van der Waals surface area contributed by atoms with Gasteiger partial charge in [0.2, 0.25) is 0 Å². The minimum atomic E-state index is 0.506. The molecule has 0 amide bonds. The average Bonchev–Trinajstić information content (AvgIpc) is 2.31. The number of hydrogen-bond acceptors (Lipinski definition) is 3. The zero-order chi connectivity index (χ0) is 8.27. The van der Waals surface area contributed by atoms with Gasteiger partial charge in [-0.3, -0.25) is 0 Å². The van der Waals surface area contributed by atoms with Crippen LogP contribution >= 0.6 is 0 Å². The molecular formula is C7H10N4. The van der Waals surface area contributed by atoms with E-state index in [1.807, 2.05) is 18.5 Å². The second-order valence-electron chi connectivity index (χ2n) is 2.38. The van der Waals surface area contributed by atoms with Gasteiger partial charge in [-0.15, -0.1) is 10.2 Å². The lowest BCUT2D eigenvalue weighted by Crippen LogP contribution is -1.98. The molecule has 58 valence electrons. The van der Waals surface area contributed by atoms with E-state index in [1.165, 1.54) is 0 Å². The Bertz CT molecular complexity index is 281. The molecule has 0 saturated carbocycles. The van der Waals surface area contributed by atoms with E-state index in [2.05, 4.69) is 16.3 Å². The first-order valence-electron chi connectivity index (χ1n) is 3.47. The number of aryl methyl sites for hydroxylation is 2. The van der Waals surface area contributed by atoms with Crippen LogP contribution < -0.4 is 0 Å². The van der Waals surface area contributed by atoms with E-state index in [1.54, 1.807) is 0 Å². The van der Waals surface area contributed by atoms with E-state index in [9.17, 15) is 0 Å². The molecule has 0 saturated heterocycles. The SMILES string of the molecule is Cc1nnc(CCC#N)n1C. The zero-order valence-corrected chi connectivity index (χ0v) is 6.70. The van der Waals surface area contributed by atoms with Crippen molar-refractivity contribution in [1.29, 1.82) is 5.26 Å². The molecule has 1 rings (SSSR count). The molecule has 1 heterocycles. The van der Waals surface area contributed by atoms with Crippen molar-refractivity contribution in [3.8, 4) is 6.07 Å². The third-order valence-electron chi connectivity index (χ3n) is 1.64. The first-order chi connectivity index (χ1) is 5.25. The van der Waals surface area contributed by atoms with E-state index in [0.717, 1.165) is 11.6 Å². The first kappa shape index (κ1) is 7.73.